The summed E-state index contributed by atoms with van der Waals surface area (Å²) in [4.78, 5) is 13.5. The van der Waals surface area contributed by atoms with Crippen molar-refractivity contribution in [1.82, 2.24) is 14.8 Å². The highest BCUT2D eigenvalue weighted by Crippen LogP contribution is 2.60. The Bertz CT molecular complexity index is 915. The van der Waals surface area contributed by atoms with Crippen molar-refractivity contribution >= 4 is 17.5 Å². The van der Waals surface area contributed by atoms with E-state index in [0.29, 0.717) is 17.5 Å². The second-order valence-corrected chi connectivity index (χ2v) is 11.4. The zero-order valence-electron chi connectivity index (χ0n) is 18.8. The molecule has 4 bridgehead atoms. The van der Waals surface area contributed by atoms with Gasteiger partial charge in [0, 0.05) is 17.5 Å². The minimum Gasteiger partial charge on any atom is -0.497 e. The smallest absolute Gasteiger partial charge is 0.191 e. The van der Waals surface area contributed by atoms with Gasteiger partial charge in [-0.25, -0.2) is 0 Å². The second kappa shape index (κ2) is 8.27. The molecule has 1 aromatic carbocycles. The molecule has 31 heavy (non-hydrogen) atoms. The van der Waals surface area contributed by atoms with E-state index in [1.54, 1.807) is 18.9 Å². The van der Waals surface area contributed by atoms with E-state index in [0.717, 1.165) is 65.9 Å². The molecule has 0 spiro atoms. The SMILES string of the molecule is COc1ccc(-c2nnc(SCC(=O)C34CC5CC(CC(C5)C3)C4)n2CC(C)C)cc1. The first-order chi connectivity index (χ1) is 15.0. The van der Waals surface area contributed by atoms with Crippen LogP contribution in [0.1, 0.15) is 52.4 Å². The maximum Gasteiger partial charge on any atom is 0.191 e. The highest BCUT2D eigenvalue weighted by atomic mass is 32.2. The number of hydrogen-bond acceptors (Lipinski definition) is 5. The Labute approximate surface area is 189 Å². The standard InChI is InChI=1S/C25H33N3O2S/c1-16(2)14-28-23(20-4-6-21(30-3)7-5-20)26-27-24(28)31-15-22(29)25-11-17-8-18(12-25)10-19(9-17)13-25/h4-7,16-19H,8-15H2,1-3H3. The molecular formula is C25H33N3O2S. The number of carbonyl (C=O) groups excluding carboxylic acids is 1. The van der Waals surface area contributed by atoms with Crippen LogP contribution in [0.4, 0.5) is 0 Å². The second-order valence-electron chi connectivity index (χ2n) is 10.4. The third kappa shape index (κ3) is 4.04. The van der Waals surface area contributed by atoms with Crippen LogP contribution in [0.2, 0.25) is 0 Å². The summed E-state index contributed by atoms with van der Waals surface area (Å²) in [6.07, 6.45) is 7.51. The Balaban J connectivity index is 1.34. The van der Waals surface area contributed by atoms with Gasteiger partial charge in [-0.15, -0.1) is 10.2 Å². The van der Waals surface area contributed by atoms with Crippen molar-refractivity contribution in [3.8, 4) is 17.1 Å². The minimum atomic E-state index is -0.0382. The minimum absolute atomic E-state index is 0.0382. The first kappa shape index (κ1) is 21.0. The van der Waals surface area contributed by atoms with E-state index in [9.17, 15) is 4.79 Å². The Morgan fingerprint density at radius 2 is 1.71 bits per heavy atom. The van der Waals surface area contributed by atoms with Gasteiger partial charge in [0.2, 0.25) is 0 Å². The molecule has 1 heterocycles. The lowest BCUT2D eigenvalue weighted by Gasteiger charge is -2.56. The number of carbonyl (C=O) groups is 1. The van der Waals surface area contributed by atoms with Crippen LogP contribution in [0, 0.1) is 29.1 Å². The summed E-state index contributed by atoms with van der Waals surface area (Å²) in [5, 5.41) is 9.86. The molecule has 0 saturated heterocycles. The predicted octanol–water partition coefficient (Wildman–Crippen LogP) is 5.49. The van der Waals surface area contributed by atoms with Crippen LogP contribution in [0.15, 0.2) is 29.4 Å². The van der Waals surface area contributed by atoms with E-state index in [-0.39, 0.29) is 5.41 Å². The molecule has 1 aromatic heterocycles. The van der Waals surface area contributed by atoms with E-state index in [2.05, 4.69) is 28.6 Å². The molecule has 4 saturated carbocycles. The topological polar surface area (TPSA) is 57.0 Å². The fourth-order valence-corrected chi connectivity index (χ4v) is 7.60. The molecule has 6 heteroatoms. The lowest BCUT2D eigenvalue weighted by molar-refractivity contribution is -0.141. The van der Waals surface area contributed by atoms with Gasteiger partial charge in [-0.05, 0) is 86.5 Å². The number of rotatable bonds is 8. The van der Waals surface area contributed by atoms with Crippen LogP contribution in [0.3, 0.4) is 0 Å². The maximum absolute atomic E-state index is 13.5. The van der Waals surface area contributed by atoms with Crippen LogP contribution in [-0.4, -0.2) is 33.4 Å². The fraction of sp³-hybridized carbons (Fsp3) is 0.640. The van der Waals surface area contributed by atoms with Crippen molar-refractivity contribution in [1.29, 1.82) is 0 Å². The normalized spacial score (nSPS) is 29.0. The van der Waals surface area contributed by atoms with Crippen LogP contribution >= 0.6 is 11.8 Å². The third-order valence-corrected chi connectivity index (χ3v) is 8.54. The number of thioether (sulfide) groups is 1. The van der Waals surface area contributed by atoms with Crippen LogP contribution in [0.25, 0.3) is 11.4 Å². The van der Waals surface area contributed by atoms with Crippen LogP contribution in [-0.2, 0) is 11.3 Å². The summed E-state index contributed by atoms with van der Waals surface area (Å²) in [5.41, 5.74) is 0.983. The quantitative estimate of drug-likeness (QED) is 0.509. The van der Waals surface area contributed by atoms with Gasteiger partial charge < -0.3 is 9.30 Å². The molecule has 2 aromatic rings. The highest BCUT2D eigenvalue weighted by molar-refractivity contribution is 7.99. The molecule has 4 fully saturated rings. The Morgan fingerprint density at radius 3 is 2.26 bits per heavy atom. The molecule has 0 atom stereocenters. The molecule has 0 N–H and O–H groups in total. The zero-order chi connectivity index (χ0) is 21.6. The van der Waals surface area contributed by atoms with Gasteiger partial charge in [-0.3, -0.25) is 4.79 Å². The lowest BCUT2D eigenvalue weighted by atomic mass is 9.48. The molecule has 6 rings (SSSR count). The summed E-state index contributed by atoms with van der Waals surface area (Å²) in [7, 11) is 1.67. The van der Waals surface area contributed by atoms with E-state index in [1.807, 2.05) is 24.3 Å². The van der Waals surface area contributed by atoms with Crippen LogP contribution < -0.4 is 4.74 Å². The van der Waals surface area contributed by atoms with Gasteiger partial charge in [0.1, 0.15) is 11.5 Å². The summed E-state index contributed by atoms with van der Waals surface area (Å²) in [5.74, 6) is 5.53. The molecule has 0 unspecified atom stereocenters. The van der Waals surface area contributed by atoms with Crippen molar-refractivity contribution in [2.45, 2.75) is 64.1 Å². The number of methoxy groups -OCH3 is 1. The van der Waals surface area contributed by atoms with Gasteiger partial charge in [0.05, 0.1) is 12.9 Å². The number of benzene rings is 1. The Kier molecular flexibility index (Phi) is 5.61. The molecular weight excluding hydrogens is 406 g/mol. The summed E-state index contributed by atoms with van der Waals surface area (Å²) >= 11 is 1.58. The van der Waals surface area contributed by atoms with Gasteiger partial charge in [0.25, 0.3) is 0 Å². The zero-order valence-corrected chi connectivity index (χ0v) is 19.7. The Hall–Kier alpha value is -1.82. The monoisotopic (exact) mass is 439 g/mol. The van der Waals surface area contributed by atoms with Crippen molar-refractivity contribution in [3.63, 3.8) is 0 Å². The number of nitrogens with zero attached hydrogens (tertiary/aromatic N) is 3. The largest absolute Gasteiger partial charge is 0.497 e. The van der Waals surface area contributed by atoms with Crippen LogP contribution in [0.5, 0.6) is 5.75 Å². The lowest BCUT2D eigenvalue weighted by Crippen LogP contribution is -2.50. The van der Waals surface area contributed by atoms with E-state index < -0.39 is 0 Å². The number of Topliss-reactive ketones (excluding diaryl/α,β-unsaturated/α-hetero) is 1. The van der Waals surface area contributed by atoms with Crippen molar-refractivity contribution in [3.05, 3.63) is 24.3 Å². The Morgan fingerprint density at radius 1 is 1.10 bits per heavy atom. The van der Waals surface area contributed by atoms with E-state index >= 15 is 0 Å². The number of aromatic nitrogens is 3. The number of ether oxygens (including phenoxy) is 1. The summed E-state index contributed by atoms with van der Waals surface area (Å²) in [6.45, 7) is 5.24. The molecule has 0 amide bonds. The van der Waals surface area contributed by atoms with Gasteiger partial charge >= 0.3 is 0 Å². The average Bonchev–Trinajstić information content (AvgIpc) is 3.12. The summed E-state index contributed by atoms with van der Waals surface area (Å²) < 4.78 is 7.47. The fourth-order valence-electron chi connectivity index (χ4n) is 6.61. The first-order valence-electron chi connectivity index (χ1n) is 11.7. The van der Waals surface area contributed by atoms with Gasteiger partial charge in [0.15, 0.2) is 11.0 Å². The van der Waals surface area contributed by atoms with Crippen molar-refractivity contribution in [2.24, 2.45) is 29.1 Å². The molecule has 0 radical (unpaired) electrons. The van der Waals surface area contributed by atoms with Crippen molar-refractivity contribution in [2.75, 3.05) is 12.9 Å². The molecule has 4 aliphatic carbocycles. The van der Waals surface area contributed by atoms with Crippen molar-refractivity contribution < 1.29 is 9.53 Å². The maximum atomic E-state index is 13.5. The molecule has 4 aliphatic rings. The third-order valence-electron chi connectivity index (χ3n) is 7.57. The average molecular weight is 440 g/mol. The first-order valence-corrected chi connectivity index (χ1v) is 12.7. The summed E-state index contributed by atoms with van der Waals surface area (Å²) in [6, 6.07) is 7.95. The number of hydrogen-bond donors (Lipinski definition) is 0. The highest BCUT2D eigenvalue weighted by Gasteiger charge is 2.54. The van der Waals surface area contributed by atoms with E-state index in [1.165, 1.54) is 19.3 Å². The predicted molar refractivity (Wildman–Crippen MR) is 123 cm³/mol. The van der Waals surface area contributed by atoms with Gasteiger partial charge in [-0.2, -0.15) is 0 Å². The molecule has 166 valence electrons. The molecule has 0 aliphatic heterocycles. The molecule has 5 nitrogen and oxygen atoms in total. The van der Waals surface area contributed by atoms with E-state index in [4.69, 9.17) is 4.74 Å². The number of ketones is 1. The van der Waals surface area contributed by atoms with Gasteiger partial charge in [-0.1, -0.05) is 25.6 Å².